The van der Waals surface area contributed by atoms with Gasteiger partial charge in [-0.3, -0.25) is 0 Å². The van der Waals surface area contributed by atoms with E-state index in [0.29, 0.717) is 5.92 Å². The standard InChI is InChI=1S/C13H15NO/c1-9(2)13-14-10(3)12(15-13)11-7-5-4-6-8-11/h4-9H,1-3H3. The molecule has 0 atom stereocenters. The fraction of sp³-hybridized carbons (Fsp3) is 0.308. The molecular formula is C13H15NO. The Morgan fingerprint density at radius 2 is 1.80 bits per heavy atom. The Hall–Kier alpha value is -1.57. The number of aryl methyl sites for hydroxylation is 1. The number of oxazole rings is 1. The summed E-state index contributed by atoms with van der Waals surface area (Å²) in [4.78, 5) is 4.42. The molecule has 0 aliphatic carbocycles. The number of hydrogen-bond acceptors (Lipinski definition) is 2. The molecule has 0 bridgehead atoms. The van der Waals surface area contributed by atoms with E-state index in [4.69, 9.17) is 4.42 Å². The molecule has 0 radical (unpaired) electrons. The van der Waals surface area contributed by atoms with Crippen molar-refractivity contribution in [1.82, 2.24) is 4.98 Å². The maximum atomic E-state index is 5.75. The van der Waals surface area contributed by atoms with Gasteiger partial charge in [0, 0.05) is 11.5 Å². The highest BCUT2D eigenvalue weighted by Gasteiger charge is 2.13. The van der Waals surface area contributed by atoms with Gasteiger partial charge in [-0.05, 0) is 6.92 Å². The average Bonchev–Trinajstić information content (AvgIpc) is 2.62. The summed E-state index contributed by atoms with van der Waals surface area (Å²) in [6.07, 6.45) is 0. The molecule has 0 spiro atoms. The van der Waals surface area contributed by atoms with Crippen molar-refractivity contribution in [2.75, 3.05) is 0 Å². The van der Waals surface area contributed by atoms with Crippen molar-refractivity contribution < 1.29 is 4.42 Å². The Kier molecular flexibility index (Phi) is 2.58. The summed E-state index contributed by atoms with van der Waals surface area (Å²) in [7, 11) is 0. The van der Waals surface area contributed by atoms with E-state index in [9.17, 15) is 0 Å². The van der Waals surface area contributed by atoms with Gasteiger partial charge < -0.3 is 4.42 Å². The molecule has 2 heteroatoms. The predicted octanol–water partition coefficient (Wildman–Crippen LogP) is 3.77. The molecule has 2 rings (SSSR count). The van der Waals surface area contributed by atoms with Crippen LogP contribution in [0.4, 0.5) is 0 Å². The van der Waals surface area contributed by atoms with E-state index in [-0.39, 0.29) is 0 Å². The number of nitrogens with zero attached hydrogens (tertiary/aromatic N) is 1. The van der Waals surface area contributed by atoms with Gasteiger partial charge in [-0.15, -0.1) is 0 Å². The number of rotatable bonds is 2. The maximum absolute atomic E-state index is 5.75. The normalized spacial score (nSPS) is 10.9. The molecule has 0 fully saturated rings. The van der Waals surface area contributed by atoms with Gasteiger partial charge in [-0.25, -0.2) is 4.98 Å². The molecule has 0 saturated carbocycles. The largest absolute Gasteiger partial charge is 0.440 e. The number of aromatic nitrogens is 1. The molecule has 1 heterocycles. The second kappa shape index (κ2) is 3.89. The van der Waals surface area contributed by atoms with Crippen LogP contribution in [0.25, 0.3) is 11.3 Å². The summed E-state index contributed by atoms with van der Waals surface area (Å²) < 4.78 is 5.75. The summed E-state index contributed by atoms with van der Waals surface area (Å²) in [5.74, 6) is 2.03. The molecule has 2 aromatic rings. The summed E-state index contributed by atoms with van der Waals surface area (Å²) in [5.41, 5.74) is 2.05. The van der Waals surface area contributed by atoms with Gasteiger partial charge in [-0.2, -0.15) is 0 Å². The zero-order valence-corrected chi connectivity index (χ0v) is 9.32. The summed E-state index contributed by atoms with van der Waals surface area (Å²) >= 11 is 0. The van der Waals surface area contributed by atoms with Crippen molar-refractivity contribution >= 4 is 0 Å². The van der Waals surface area contributed by atoms with Gasteiger partial charge in [0.15, 0.2) is 11.7 Å². The lowest BCUT2D eigenvalue weighted by molar-refractivity contribution is 0.481. The highest BCUT2D eigenvalue weighted by Crippen LogP contribution is 2.26. The Labute approximate surface area is 90.0 Å². The first-order chi connectivity index (χ1) is 7.18. The van der Waals surface area contributed by atoms with E-state index in [1.807, 2.05) is 37.3 Å². The van der Waals surface area contributed by atoms with Crippen LogP contribution < -0.4 is 0 Å². The first-order valence-corrected chi connectivity index (χ1v) is 5.21. The van der Waals surface area contributed by atoms with Crippen molar-refractivity contribution in [1.29, 1.82) is 0 Å². The van der Waals surface area contributed by atoms with Crippen LogP contribution >= 0.6 is 0 Å². The lowest BCUT2D eigenvalue weighted by Gasteiger charge is -1.97. The SMILES string of the molecule is Cc1nc(C(C)C)oc1-c1ccccc1. The van der Waals surface area contributed by atoms with E-state index < -0.39 is 0 Å². The first kappa shape index (κ1) is 9.97. The second-order valence-corrected chi connectivity index (χ2v) is 3.99. The Morgan fingerprint density at radius 1 is 1.13 bits per heavy atom. The minimum absolute atomic E-state index is 0.334. The highest BCUT2D eigenvalue weighted by atomic mass is 16.4. The Bertz CT molecular complexity index is 443. The number of benzene rings is 1. The van der Waals surface area contributed by atoms with Crippen LogP contribution in [0, 0.1) is 6.92 Å². The van der Waals surface area contributed by atoms with Crippen LogP contribution in [0.5, 0.6) is 0 Å². The van der Waals surface area contributed by atoms with Crippen LogP contribution in [0.15, 0.2) is 34.7 Å². The van der Waals surface area contributed by atoms with Crippen molar-refractivity contribution in [2.24, 2.45) is 0 Å². The highest BCUT2D eigenvalue weighted by molar-refractivity contribution is 5.59. The average molecular weight is 201 g/mol. The van der Waals surface area contributed by atoms with E-state index in [1.165, 1.54) is 0 Å². The summed E-state index contributed by atoms with van der Waals surface area (Å²) in [6, 6.07) is 10.1. The third-order valence-corrected chi connectivity index (χ3v) is 2.34. The number of hydrogen-bond donors (Lipinski definition) is 0. The fourth-order valence-electron chi connectivity index (χ4n) is 1.52. The van der Waals surface area contributed by atoms with Gasteiger partial charge in [0.2, 0.25) is 0 Å². The lowest BCUT2D eigenvalue weighted by Crippen LogP contribution is -1.85. The molecule has 0 aliphatic heterocycles. The van der Waals surface area contributed by atoms with Crippen molar-refractivity contribution in [3.63, 3.8) is 0 Å². The van der Waals surface area contributed by atoms with E-state index in [1.54, 1.807) is 0 Å². The fourth-order valence-corrected chi connectivity index (χ4v) is 1.52. The molecule has 0 saturated heterocycles. The van der Waals surface area contributed by atoms with Crippen LogP contribution in [0.3, 0.4) is 0 Å². The minimum Gasteiger partial charge on any atom is -0.440 e. The Balaban J connectivity index is 2.45. The molecule has 15 heavy (non-hydrogen) atoms. The summed E-state index contributed by atoms with van der Waals surface area (Å²) in [6.45, 7) is 6.15. The van der Waals surface area contributed by atoms with Crippen molar-refractivity contribution in [2.45, 2.75) is 26.7 Å². The van der Waals surface area contributed by atoms with Crippen LogP contribution in [0.2, 0.25) is 0 Å². The van der Waals surface area contributed by atoms with Crippen molar-refractivity contribution in [3.8, 4) is 11.3 Å². The van der Waals surface area contributed by atoms with Crippen LogP contribution in [-0.2, 0) is 0 Å². The molecule has 0 aliphatic rings. The molecule has 78 valence electrons. The molecule has 2 nitrogen and oxygen atoms in total. The minimum atomic E-state index is 0.334. The first-order valence-electron chi connectivity index (χ1n) is 5.21. The van der Waals surface area contributed by atoms with E-state index in [2.05, 4.69) is 18.8 Å². The molecule has 0 amide bonds. The topological polar surface area (TPSA) is 26.0 Å². The van der Waals surface area contributed by atoms with Gasteiger partial charge in [-0.1, -0.05) is 44.2 Å². The molecule has 1 aromatic carbocycles. The van der Waals surface area contributed by atoms with Crippen LogP contribution in [-0.4, -0.2) is 4.98 Å². The quantitative estimate of drug-likeness (QED) is 0.739. The van der Waals surface area contributed by atoms with Crippen LogP contribution in [0.1, 0.15) is 31.4 Å². The zero-order valence-electron chi connectivity index (χ0n) is 9.32. The third kappa shape index (κ3) is 1.94. The molecule has 0 unspecified atom stereocenters. The zero-order chi connectivity index (χ0) is 10.8. The monoisotopic (exact) mass is 201 g/mol. The van der Waals surface area contributed by atoms with Crippen molar-refractivity contribution in [3.05, 3.63) is 41.9 Å². The van der Waals surface area contributed by atoms with E-state index in [0.717, 1.165) is 22.9 Å². The maximum Gasteiger partial charge on any atom is 0.197 e. The van der Waals surface area contributed by atoms with Gasteiger partial charge in [0.25, 0.3) is 0 Å². The van der Waals surface area contributed by atoms with Gasteiger partial charge in [0.05, 0.1) is 5.69 Å². The van der Waals surface area contributed by atoms with Gasteiger partial charge in [0.1, 0.15) is 0 Å². The summed E-state index contributed by atoms with van der Waals surface area (Å²) in [5, 5.41) is 0. The molecule has 1 aromatic heterocycles. The Morgan fingerprint density at radius 3 is 2.33 bits per heavy atom. The smallest absolute Gasteiger partial charge is 0.197 e. The molecule has 0 N–H and O–H groups in total. The third-order valence-electron chi connectivity index (χ3n) is 2.34. The van der Waals surface area contributed by atoms with Gasteiger partial charge >= 0.3 is 0 Å². The predicted molar refractivity (Wildman–Crippen MR) is 60.8 cm³/mol. The molecular weight excluding hydrogens is 186 g/mol. The van der Waals surface area contributed by atoms with E-state index >= 15 is 0 Å². The second-order valence-electron chi connectivity index (χ2n) is 3.99. The lowest BCUT2D eigenvalue weighted by atomic mass is 10.1.